The summed E-state index contributed by atoms with van der Waals surface area (Å²) in [6.45, 7) is 6.27. The number of hydrogen-bond donors (Lipinski definition) is 2. The number of amides is 3. The number of imide groups is 1. The maximum Gasteiger partial charge on any atom is 0.278 e. The van der Waals surface area contributed by atoms with Crippen molar-refractivity contribution >= 4 is 40.9 Å². The van der Waals surface area contributed by atoms with Crippen LogP contribution >= 0.6 is 11.8 Å². The first-order valence-electron chi connectivity index (χ1n) is 11.9. The van der Waals surface area contributed by atoms with Gasteiger partial charge in [-0.2, -0.15) is 0 Å². The second-order valence-electron chi connectivity index (χ2n) is 9.12. The zero-order chi connectivity index (χ0) is 26.5. The van der Waals surface area contributed by atoms with Crippen molar-refractivity contribution in [2.24, 2.45) is 5.92 Å². The largest absolute Gasteiger partial charge is 0.497 e. The number of aryl methyl sites for hydroxylation is 1. The first-order chi connectivity index (χ1) is 17.7. The molecule has 0 atom stereocenters. The molecule has 0 saturated heterocycles. The molecule has 0 spiro atoms. The normalized spacial score (nSPS) is 13.4. The highest BCUT2D eigenvalue weighted by Gasteiger charge is 2.39. The van der Waals surface area contributed by atoms with E-state index < -0.39 is 0 Å². The molecule has 0 aliphatic carbocycles. The smallest absolute Gasteiger partial charge is 0.278 e. The molecule has 0 unspecified atom stereocenters. The summed E-state index contributed by atoms with van der Waals surface area (Å²) in [5.74, 6) is -0.0570. The SMILES string of the molecule is COc1ccc(C(=O)Nc2ccc(SC3=C(Nc4ccc(C)cc4)C(=O)N(CC(C)C)C3=O)cc2)cc1. The number of ether oxygens (including phenoxy) is 1. The van der Waals surface area contributed by atoms with E-state index >= 15 is 0 Å². The minimum atomic E-state index is -0.329. The van der Waals surface area contributed by atoms with Gasteiger partial charge in [0.25, 0.3) is 17.7 Å². The summed E-state index contributed by atoms with van der Waals surface area (Å²) in [5, 5.41) is 6.03. The average molecular weight is 516 g/mol. The van der Waals surface area contributed by atoms with Crippen LogP contribution in [0.3, 0.4) is 0 Å². The van der Waals surface area contributed by atoms with E-state index in [4.69, 9.17) is 4.74 Å². The lowest BCUT2D eigenvalue weighted by Crippen LogP contribution is -2.35. The molecule has 37 heavy (non-hydrogen) atoms. The minimum Gasteiger partial charge on any atom is -0.497 e. The maximum atomic E-state index is 13.2. The van der Waals surface area contributed by atoms with Gasteiger partial charge in [0.2, 0.25) is 0 Å². The van der Waals surface area contributed by atoms with Gasteiger partial charge in [-0.3, -0.25) is 19.3 Å². The van der Waals surface area contributed by atoms with Crippen LogP contribution in [0.4, 0.5) is 11.4 Å². The molecule has 0 bridgehead atoms. The fourth-order valence-electron chi connectivity index (χ4n) is 3.74. The van der Waals surface area contributed by atoms with Crippen LogP contribution in [0.25, 0.3) is 0 Å². The van der Waals surface area contributed by atoms with Crippen molar-refractivity contribution in [2.45, 2.75) is 25.7 Å². The summed E-state index contributed by atoms with van der Waals surface area (Å²) in [4.78, 5) is 41.4. The van der Waals surface area contributed by atoms with Gasteiger partial charge < -0.3 is 15.4 Å². The van der Waals surface area contributed by atoms with Gasteiger partial charge in [-0.05, 0) is 73.5 Å². The number of methoxy groups -OCH3 is 1. The fraction of sp³-hybridized carbons (Fsp3) is 0.207. The van der Waals surface area contributed by atoms with Gasteiger partial charge >= 0.3 is 0 Å². The number of benzene rings is 3. The van der Waals surface area contributed by atoms with E-state index in [1.165, 1.54) is 16.7 Å². The third-order valence-electron chi connectivity index (χ3n) is 5.68. The molecule has 1 heterocycles. The van der Waals surface area contributed by atoms with Gasteiger partial charge in [0, 0.05) is 28.4 Å². The van der Waals surface area contributed by atoms with Crippen LogP contribution in [0, 0.1) is 12.8 Å². The van der Waals surface area contributed by atoms with Crippen molar-refractivity contribution in [2.75, 3.05) is 24.3 Å². The predicted octanol–water partition coefficient (Wildman–Crippen LogP) is 5.70. The molecule has 4 rings (SSSR count). The Morgan fingerprint density at radius 3 is 2.11 bits per heavy atom. The van der Waals surface area contributed by atoms with Crippen molar-refractivity contribution in [1.82, 2.24) is 4.90 Å². The number of anilines is 2. The molecule has 0 saturated carbocycles. The molecule has 190 valence electrons. The Bertz CT molecular complexity index is 1330. The summed E-state index contributed by atoms with van der Waals surface area (Å²) in [7, 11) is 1.57. The second kappa shape index (κ2) is 11.3. The molecule has 7 nitrogen and oxygen atoms in total. The highest BCUT2D eigenvalue weighted by molar-refractivity contribution is 8.04. The quantitative estimate of drug-likeness (QED) is 0.356. The van der Waals surface area contributed by atoms with Crippen molar-refractivity contribution in [1.29, 1.82) is 0 Å². The summed E-state index contributed by atoms with van der Waals surface area (Å²) >= 11 is 1.23. The Kier molecular flexibility index (Phi) is 7.98. The summed E-state index contributed by atoms with van der Waals surface area (Å²) in [5.41, 5.74) is 3.24. The molecular weight excluding hydrogens is 486 g/mol. The number of hydrogen-bond acceptors (Lipinski definition) is 6. The first-order valence-corrected chi connectivity index (χ1v) is 12.7. The van der Waals surface area contributed by atoms with Crippen LogP contribution < -0.4 is 15.4 Å². The molecule has 0 fully saturated rings. The van der Waals surface area contributed by atoms with Crippen molar-refractivity contribution in [3.05, 3.63) is 94.5 Å². The molecule has 3 amide bonds. The number of carbonyl (C=O) groups is 3. The van der Waals surface area contributed by atoms with Gasteiger partial charge in [-0.25, -0.2) is 0 Å². The van der Waals surface area contributed by atoms with E-state index in [0.717, 1.165) is 16.1 Å². The molecule has 3 aromatic rings. The average Bonchev–Trinajstić information content (AvgIpc) is 3.10. The van der Waals surface area contributed by atoms with Crippen LogP contribution in [-0.4, -0.2) is 36.3 Å². The van der Waals surface area contributed by atoms with Crippen molar-refractivity contribution in [3.63, 3.8) is 0 Å². The van der Waals surface area contributed by atoms with E-state index in [2.05, 4.69) is 10.6 Å². The second-order valence-corrected chi connectivity index (χ2v) is 10.2. The van der Waals surface area contributed by atoms with Gasteiger partial charge in [-0.1, -0.05) is 43.3 Å². The number of rotatable bonds is 9. The van der Waals surface area contributed by atoms with E-state index in [-0.39, 0.29) is 29.3 Å². The minimum absolute atomic E-state index is 0.145. The Morgan fingerprint density at radius 1 is 0.892 bits per heavy atom. The third kappa shape index (κ3) is 6.21. The molecule has 1 aliphatic heterocycles. The summed E-state index contributed by atoms with van der Waals surface area (Å²) in [6, 6.07) is 21.7. The van der Waals surface area contributed by atoms with Gasteiger partial charge in [0.05, 0.1) is 7.11 Å². The predicted molar refractivity (Wildman–Crippen MR) is 147 cm³/mol. The highest BCUT2D eigenvalue weighted by atomic mass is 32.2. The Labute approximate surface area is 220 Å². The highest BCUT2D eigenvalue weighted by Crippen LogP contribution is 2.36. The van der Waals surface area contributed by atoms with Gasteiger partial charge in [-0.15, -0.1) is 0 Å². The number of nitrogens with one attached hydrogen (secondary N) is 2. The van der Waals surface area contributed by atoms with E-state index in [1.807, 2.05) is 57.2 Å². The number of carbonyl (C=O) groups excluding carboxylic acids is 3. The molecule has 2 N–H and O–H groups in total. The van der Waals surface area contributed by atoms with E-state index in [9.17, 15) is 14.4 Å². The summed E-state index contributed by atoms with van der Waals surface area (Å²) < 4.78 is 5.13. The lowest BCUT2D eigenvalue weighted by molar-refractivity contribution is -0.137. The zero-order valence-electron chi connectivity index (χ0n) is 21.2. The third-order valence-corrected chi connectivity index (χ3v) is 6.77. The van der Waals surface area contributed by atoms with Crippen LogP contribution in [0.5, 0.6) is 5.75 Å². The monoisotopic (exact) mass is 515 g/mol. The topological polar surface area (TPSA) is 87.7 Å². The number of nitrogens with zero attached hydrogens (tertiary/aromatic N) is 1. The number of thioether (sulfide) groups is 1. The van der Waals surface area contributed by atoms with Gasteiger partial charge in [0.1, 0.15) is 16.4 Å². The van der Waals surface area contributed by atoms with E-state index in [0.29, 0.717) is 28.5 Å². The molecule has 3 aromatic carbocycles. The standard InChI is InChI=1S/C29H29N3O4S/c1-18(2)17-32-28(34)25(30-21-9-5-19(3)6-10-21)26(29(32)35)37-24-15-11-22(12-16-24)31-27(33)20-7-13-23(36-4)14-8-20/h5-16,18,30H,17H2,1-4H3,(H,31,33). The van der Waals surface area contributed by atoms with Crippen LogP contribution in [0.15, 0.2) is 88.3 Å². The lowest BCUT2D eigenvalue weighted by atomic mass is 10.2. The molecule has 0 aromatic heterocycles. The van der Waals surface area contributed by atoms with Crippen molar-refractivity contribution < 1.29 is 19.1 Å². The molecular formula is C29H29N3O4S. The zero-order valence-corrected chi connectivity index (χ0v) is 22.0. The van der Waals surface area contributed by atoms with E-state index in [1.54, 1.807) is 43.5 Å². The molecule has 1 aliphatic rings. The maximum absolute atomic E-state index is 13.2. The van der Waals surface area contributed by atoms with Crippen LogP contribution in [0.1, 0.15) is 29.8 Å². The molecule has 8 heteroatoms. The first kappa shape index (κ1) is 26.0. The Balaban J connectivity index is 1.52. The fourth-order valence-corrected chi connectivity index (χ4v) is 4.69. The lowest BCUT2D eigenvalue weighted by Gasteiger charge is -2.17. The van der Waals surface area contributed by atoms with Crippen LogP contribution in [-0.2, 0) is 9.59 Å². The Morgan fingerprint density at radius 2 is 1.51 bits per heavy atom. The molecule has 0 radical (unpaired) electrons. The van der Waals surface area contributed by atoms with Crippen molar-refractivity contribution in [3.8, 4) is 5.75 Å². The van der Waals surface area contributed by atoms with Crippen LogP contribution in [0.2, 0.25) is 0 Å². The van der Waals surface area contributed by atoms with Gasteiger partial charge in [0.15, 0.2) is 0 Å². The Hall–Kier alpha value is -4.04. The summed E-state index contributed by atoms with van der Waals surface area (Å²) in [6.07, 6.45) is 0.